The van der Waals surface area contributed by atoms with Crippen molar-refractivity contribution in [3.05, 3.63) is 0 Å². The van der Waals surface area contributed by atoms with Gasteiger partial charge in [0.1, 0.15) is 6.54 Å². The van der Waals surface area contributed by atoms with Crippen LogP contribution in [0.25, 0.3) is 0 Å². The van der Waals surface area contributed by atoms with Crippen molar-refractivity contribution >= 4 is 5.91 Å². The van der Waals surface area contributed by atoms with Crippen molar-refractivity contribution in [3.8, 4) is 0 Å². The second-order valence-corrected chi connectivity index (χ2v) is 8.18. The second-order valence-electron chi connectivity index (χ2n) is 8.18. The van der Waals surface area contributed by atoms with E-state index in [1.165, 1.54) is 64.2 Å². The largest absolute Gasteiger partial charge is 0.391 e. The summed E-state index contributed by atoms with van der Waals surface area (Å²) in [5.74, 6) is 0.339. The maximum atomic E-state index is 12.3. The fourth-order valence-electron chi connectivity index (χ4n) is 3.76. The maximum Gasteiger partial charge on any atom is 0.222 e. The Labute approximate surface area is 156 Å². The highest BCUT2D eigenvalue weighted by Crippen LogP contribution is 2.14. The molecule has 1 saturated heterocycles. The number of hydrogen-bond donors (Lipinski definition) is 1. The van der Waals surface area contributed by atoms with Crippen molar-refractivity contribution in [1.82, 2.24) is 4.90 Å². The molecule has 0 aromatic carbocycles. The number of carbonyl (C=O) groups is 1. The predicted octanol–water partition coefficient (Wildman–Crippen LogP) is 3.97. The molecule has 1 N–H and O–H groups in total. The number of piperazine rings is 1. The Balaban J connectivity index is 1.94. The van der Waals surface area contributed by atoms with Gasteiger partial charge in [0.2, 0.25) is 5.91 Å². The van der Waals surface area contributed by atoms with E-state index in [2.05, 4.69) is 14.0 Å². The zero-order chi connectivity index (χ0) is 18.4. The smallest absolute Gasteiger partial charge is 0.222 e. The molecule has 25 heavy (non-hydrogen) atoms. The summed E-state index contributed by atoms with van der Waals surface area (Å²) in [6.07, 6.45) is 15.3. The molecule has 1 rings (SSSR count). The molecule has 0 spiro atoms. The Hall–Kier alpha value is -0.610. The van der Waals surface area contributed by atoms with Crippen molar-refractivity contribution in [1.29, 1.82) is 0 Å². The summed E-state index contributed by atoms with van der Waals surface area (Å²) in [5.41, 5.74) is 0. The molecular formula is C21H43N2O2+. The molecule has 1 fully saturated rings. The van der Waals surface area contributed by atoms with E-state index in [1.807, 2.05) is 4.90 Å². The number of unbranched alkanes of at least 4 members (excludes halogenated alkanes) is 10. The first-order valence-corrected chi connectivity index (χ1v) is 10.8. The van der Waals surface area contributed by atoms with Crippen LogP contribution in [0, 0.1) is 0 Å². The van der Waals surface area contributed by atoms with Crippen LogP contribution >= 0.6 is 0 Å². The highest BCUT2D eigenvalue weighted by atomic mass is 16.3. The van der Waals surface area contributed by atoms with Crippen LogP contribution in [0.1, 0.15) is 84.0 Å². The lowest BCUT2D eigenvalue weighted by Crippen LogP contribution is -2.59. The maximum absolute atomic E-state index is 12.3. The number of carbonyl (C=O) groups excluding carboxylic acids is 1. The minimum atomic E-state index is 0.239. The number of quaternary nitrogens is 1. The fraction of sp³-hybridized carbons (Fsp3) is 0.952. The van der Waals surface area contributed by atoms with E-state index >= 15 is 0 Å². The number of hydrogen-bond acceptors (Lipinski definition) is 2. The van der Waals surface area contributed by atoms with Crippen molar-refractivity contribution in [2.24, 2.45) is 0 Å². The predicted molar refractivity (Wildman–Crippen MR) is 106 cm³/mol. The monoisotopic (exact) mass is 355 g/mol. The topological polar surface area (TPSA) is 40.5 Å². The van der Waals surface area contributed by atoms with Gasteiger partial charge in [0.15, 0.2) is 0 Å². The number of aliphatic hydroxyl groups is 1. The molecule has 4 heteroatoms. The summed E-state index contributed by atoms with van der Waals surface area (Å²) >= 11 is 0. The van der Waals surface area contributed by atoms with Gasteiger partial charge in [-0.3, -0.25) is 4.79 Å². The number of amides is 1. The Bertz CT molecular complexity index is 339. The number of rotatable bonds is 14. The van der Waals surface area contributed by atoms with E-state index in [-0.39, 0.29) is 6.61 Å². The highest BCUT2D eigenvalue weighted by molar-refractivity contribution is 5.76. The molecule has 0 atom stereocenters. The fourth-order valence-corrected chi connectivity index (χ4v) is 3.76. The third kappa shape index (κ3) is 10.2. The van der Waals surface area contributed by atoms with E-state index in [0.717, 1.165) is 50.0 Å². The lowest BCUT2D eigenvalue weighted by atomic mass is 10.0. The van der Waals surface area contributed by atoms with E-state index < -0.39 is 0 Å². The van der Waals surface area contributed by atoms with Crippen LogP contribution in [0.3, 0.4) is 0 Å². The number of likely N-dealkylation sites (N-methyl/N-ethyl adjacent to an activating group) is 1. The Morgan fingerprint density at radius 3 is 1.84 bits per heavy atom. The molecule has 1 aliphatic heterocycles. The third-order valence-electron chi connectivity index (χ3n) is 5.81. The Kier molecular flexibility index (Phi) is 12.2. The molecule has 0 bridgehead atoms. The van der Waals surface area contributed by atoms with Crippen molar-refractivity contribution in [2.75, 3.05) is 46.4 Å². The lowest BCUT2D eigenvalue weighted by Gasteiger charge is -2.41. The Morgan fingerprint density at radius 2 is 1.36 bits per heavy atom. The van der Waals surface area contributed by atoms with Gasteiger partial charge in [-0.25, -0.2) is 0 Å². The molecule has 0 radical (unpaired) electrons. The van der Waals surface area contributed by atoms with E-state index in [9.17, 15) is 4.79 Å². The van der Waals surface area contributed by atoms with Crippen LogP contribution in [-0.4, -0.2) is 66.8 Å². The van der Waals surface area contributed by atoms with E-state index in [4.69, 9.17) is 5.11 Å². The van der Waals surface area contributed by atoms with Gasteiger partial charge in [0.25, 0.3) is 0 Å². The molecule has 0 aromatic heterocycles. The molecule has 1 amide bonds. The van der Waals surface area contributed by atoms with Gasteiger partial charge in [-0.15, -0.1) is 0 Å². The van der Waals surface area contributed by atoms with Gasteiger partial charge < -0.3 is 14.5 Å². The first-order valence-electron chi connectivity index (χ1n) is 10.8. The van der Waals surface area contributed by atoms with E-state index in [0.29, 0.717) is 5.91 Å². The third-order valence-corrected chi connectivity index (χ3v) is 5.81. The molecule has 0 saturated carbocycles. The summed E-state index contributed by atoms with van der Waals surface area (Å²) in [5, 5.41) is 9.13. The molecule has 0 aromatic rings. The summed E-state index contributed by atoms with van der Waals surface area (Å²) in [6, 6.07) is 0. The average molecular weight is 356 g/mol. The summed E-state index contributed by atoms with van der Waals surface area (Å²) in [6.45, 7) is 6.98. The normalized spacial score (nSPS) is 17.0. The quantitative estimate of drug-likeness (QED) is 0.378. The summed E-state index contributed by atoms with van der Waals surface area (Å²) < 4.78 is 0.902. The first-order chi connectivity index (χ1) is 12.1. The molecule has 148 valence electrons. The number of aliphatic hydroxyl groups excluding tert-OH is 1. The zero-order valence-corrected chi connectivity index (χ0v) is 17.0. The van der Waals surface area contributed by atoms with Crippen LogP contribution in [0.5, 0.6) is 0 Å². The van der Waals surface area contributed by atoms with Crippen LogP contribution in [0.15, 0.2) is 0 Å². The lowest BCUT2D eigenvalue weighted by molar-refractivity contribution is -0.913. The van der Waals surface area contributed by atoms with Crippen molar-refractivity contribution in [2.45, 2.75) is 84.0 Å². The minimum Gasteiger partial charge on any atom is -0.391 e. The van der Waals surface area contributed by atoms with Gasteiger partial charge in [-0.05, 0) is 6.42 Å². The van der Waals surface area contributed by atoms with E-state index in [1.54, 1.807) is 0 Å². The number of nitrogens with zero attached hydrogens (tertiary/aromatic N) is 2. The van der Waals surface area contributed by atoms with Crippen molar-refractivity contribution in [3.63, 3.8) is 0 Å². The highest BCUT2D eigenvalue weighted by Gasteiger charge is 2.29. The van der Waals surface area contributed by atoms with Gasteiger partial charge in [0.05, 0.1) is 39.8 Å². The van der Waals surface area contributed by atoms with Crippen LogP contribution in [0.2, 0.25) is 0 Å². The molecule has 1 aliphatic rings. The molecular weight excluding hydrogens is 312 g/mol. The van der Waals surface area contributed by atoms with Crippen LogP contribution in [-0.2, 0) is 4.79 Å². The van der Waals surface area contributed by atoms with Crippen LogP contribution < -0.4 is 0 Å². The minimum absolute atomic E-state index is 0.239. The summed E-state index contributed by atoms with van der Waals surface area (Å²) in [4.78, 5) is 14.3. The zero-order valence-electron chi connectivity index (χ0n) is 17.0. The van der Waals surface area contributed by atoms with Gasteiger partial charge in [-0.2, -0.15) is 0 Å². The Morgan fingerprint density at radius 1 is 0.880 bits per heavy atom. The first kappa shape index (κ1) is 22.4. The second kappa shape index (κ2) is 13.6. The average Bonchev–Trinajstić information content (AvgIpc) is 2.60. The van der Waals surface area contributed by atoms with Gasteiger partial charge in [0, 0.05) is 6.42 Å². The molecule has 0 aliphatic carbocycles. The molecule has 4 nitrogen and oxygen atoms in total. The SMILES string of the molecule is CCCCCCCCCCCCCC(=O)N1CC[N+](C)(CCO)CC1. The standard InChI is InChI=1S/C21H43N2O2/c1-3-4-5-6-7-8-9-10-11-12-13-14-21(25)22-15-17-23(2,18-16-22)19-20-24/h24H,3-20H2,1-2H3/q+1. The molecule has 1 heterocycles. The van der Waals surface area contributed by atoms with Gasteiger partial charge >= 0.3 is 0 Å². The summed E-state index contributed by atoms with van der Waals surface area (Å²) in [7, 11) is 2.18. The van der Waals surface area contributed by atoms with Crippen LogP contribution in [0.4, 0.5) is 0 Å². The molecule has 0 unspecified atom stereocenters. The van der Waals surface area contributed by atoms with Crippen molar-refractivity contribution < 1.29 is 14.4 Å². The van der Waals surface area contributed by atoms with Gasteiger partial charge in [-0.1, -0.05) is 71.1 Å².